The van der Waals surface area contributed by atoms with Crippen LogP contribution in [0.1, 0.15) is 24.1 Å². The van der Waals surface area contributed by atoms with Crippen LogP contribution in [0.25, 0.3) is 0 Å². The molecule has 0 heterocycles. The maximum absolute atomic E-state index is 13.7. The minimum absolute atomic E-state index is 0.203. The van der Waals surface area contributed by atoms with E-state index in [1.807, 2.05) is 38.1 Å². The van der Waals surface area contributed by atoms with Crippen molar-refractivity contribution in [3.63, 3.8) is 0 Å². The average Bonchev–Trinajstić information content (AvgIpc) is 2.74. The molecule has 0 N–H and O–H groups in total. The highest BCUT2D eigenvalue weighted by molar-refractivity contribution is 7.92. The summed E-state index contributed by atoms with van der Waals surface area (Å²) in [7, 11) is -0.697. The number of anilines is 1. The van der Waals surface area contributed by atoms with E-state index in [2.05, 4.69) is 0 Å². The van der Waals surface area contributed by atoms with Crippen LogP contribution in [0, 0.1) is 6.92 Å². The summed E-state index contributed by atoms with van der Waals surface area (Å²) in [6.45, 7) is 3.88. The second kappa shape index (κ2) is 8.57. The molecule has 3 aromatic rings. The van der Waals surface area contributed by atoms with Crippen LogP contribution in [0.4, 0.5) is 5.69 Å². The lowest BCUT2D eigenvalue weighted by molar-refractivity contribution is 0.414. The molecule has 0 saturated heterocycles. The summed E-state index contributed by atoms with van der Waals surface area (Å²) in [5.74, 6) is 1.27. The Morgan fingerprint density at radius 3 is 1.83 bits per heavy atom. The van der Waals surface area contributed by atoms with E-state index in [0.29, 0.717) is 17.2 Å². The van der Waals surface area contributed by atoms with Crippen molar-refractivity contribution in [2.24, 2.45) is 0 Å². The largest absolute Gasteiger partial charge is 0.497 e. The van der Waals surface area contributed by atoms with E-state index in [0.717, 1.165) is 11.1 Å². The molecule has 3 aromatic carbocycles. The van der Waals surface area contributed by atoms with Gasteiger partial charge in [0.15, 0.2) is 0 Å². The van der Waals surface area contributed by atoms with Crippen molar-refractivity contribution >= 4 is 15.7 Å². The standard InChI is InChI=1S/C23H25NO4S/c1-17-7-5-6-8-23(17)18(2)24(19-9-11-20(27-3)12-10-19)29(25,26)22-15-13-21(28-4)14-16-22/h5-16,18H,1-4H3/t18-/m1/s1. The number of ether oxygens (including phenoxy) is 2. The van der Waals surface area contributed by atoms with Crippen molar-refractivity contribution in [2.75, 3.05) is 18.5 Å². The first kappa shape index (κ1) is 20.7. The maximum atomic E-state index is 13.7. The van der Waals surface area contributed by atoms with Gasteiger partial charge in [0.25, 0.3) is 10.0 Å². The van der Waals surface area contributed by atoms with Crippen molar-refractivity contribution in [2.45, 2.75) is 24.8 Å². The number of benzene rings is 3. The van der Waals surface area contributed by atoms with E-state index >= 15 is 0 Å². The fourth-order valence-corrected chi connectivity index (χ4v) is 4.98. The van der Waals surface area contributed by atoms with Gasteiger partial charge in [-0.15, -0.1) is 0 Å². The van der Waals surface area contributed by atoms with Crippen molar-refractivity contribution in [1.82, 2.24) is 0 Å². The van der Waals surface area contributed by atoms with Gasteiger partial charge in [0.2, 0.25) is 0 Å². The van der Waals surface area contributed by atoms with Crippen LogP contribution in [-0.4, -0.2) is 22.6 Å². The van der Waals surface area contributed by atoms with Gasteiger partial charge in [-0.1, -0.05) is 24.3 Å². The van der Waals surface area contributed by atoms with Crippen molar-refractivity contribution in [3.8, 4) is 11.5 Å². The van der Waals surface area contributed by atoms with E-state index in [9.17, 15) is 8.42 Å². The highest BCUT2D eigenvalue weighted by Gasteiger charge is 2.31. The van der Waals surface area contributed by atoms with E-state index in [1.54, 1.807) is 62.8 Å². The third kappa shape index (κ3) is 4.22. The summed E-state index contributed by atoms with van der Waals surface area (Å²) in [5.41, 5.74) is 2.54. The molecule has 6 heteroatoms. The Bertz CT molecular complexity index is 1060. The highest BCUT2D eigenvalue weighted by Crippen LogP contribution is 2.35. The van der Waals surface area contributed by atoms with Gasteiger partial charge < -0.3 is 9.47 Å². The predicted molar refractivity (Wildman–Crippen MR) is 115 cm³/mol. The van der Waals surface area contributed by atoms with Crippen LogP contribution in [0.5, 0.6) is 11.5 Å². The van der Waals surface area contributed by atoms with Crippen LogP contribution in [0.15, 0.2) is 77.7 Å². The van der Waals surface area contributed by atoms with E-state index in [-0.39, 0.29) is 4.90 Å². The van der Waals surface area contributed by atoms with Gasteiger partial charge in [-0.2, -0.15) is 0 Å². The number of sulfonamides is 1. The zero-order valence-electron chi connectivity index (χ0n) is 17.0. The Kier molecular flexibility index (Phi) is 6.13. The molecule has 0 unspecified atom stereocenters. The SMILES string of the molecule is COc1ccc(N([C@H](C)c2ccccc2C)S(=O)(=O)c2ccc(OC)cc2)cc1. The molecule has 3 rings (SSSR count). The number of hydrogen-bond acceptors (Lipinski definition) is 4. The smallest absolute Gasteiger partial charge is 0.264 e. The Balaban J connectivity index is 2.14. The number of nitrogens with zero attached hydrogens (tertiary/aromatic N) is 1. The third-order valence-corrected chi connectivity index (χ3v) is 6.85. The summed E-state index contributed by atoms with van der Waals surface area (Å²) in [6.07, 6.45) is 0. The molecule has 1 atom stereocenters. The first-order valence-electron chi connectivity index (χ1n) is 9.26. The Hall–Kier alpha value is -2.99. The van der Waals surface area contributed by atoms with Crippen molar-refractivity contribution < 1.29 is 17.9 Å². The van der Waals surface area contributed by atoms with Crippen LogP contribution in [0.2, 0.25) is 0 Å². The molecule has 0 amide bonds. The van der Waals surface area contributed by atoms with Crippen molar-refractivity contribution in [3.05, 3.63) is 83.9 Å². The molecule has 0 bridgehead atoms. The molecule has 0 aliphatic rings. The molecule has 152 valence electrons. The molecule has 0 fully saturated rings. The van der Waals surface area contributed by atoms with Gasteiger partial charge in [-0.05, 0) is 73.5 Å². The quantitative estimate of drug-likeness (QED) is 0.551. The van der Waals surface area contributed by atoms with Crippen molar-refractivity contribution in [1.29, 1.82) is 0 Å². The molecule has 0 aliphatic heterocycles. The summed E-state index contributed by atoms with van der Waals surface area (Å²) in [6, 6.07) is 20.9. The number of hydrogen-bond donors (Lipinski definition) is 0. The Labute approximate surface area is 172 Å². The number of rotatable bonds is 7. The molecule has 0 saturated carbocycles. The topological polar surface area (TPSA) is 55.8 Å². The zero-order valence-corrected chi connectivity index (χ0v) is 17.8. The first-order valence-corrected chi connectivity index (χ1v) is 10.7. The van der Waals surface area contributed by atoms with E-state index < -0.39 is 16.1 Å². The third-order valence-electron chi connectivity index (χ3n) is 4.93. The molecule has 0 radical (unpaired) electrons. The number of methoxy groups -OCH3 is 2. The molecule has 5 nitrogen and oxygen atoms in total. The van der Waals surface area contributed by atoms with Gasteiger partial charge in [0.1, 0.15) is 11.5 Å². The monoisotopic (exact) mass is 411 g/mol. The lowest BCUT2D eigenvalue weighted by atomic mass is 10.0. The lowest BCUT2D eigenvalue weighted by Crippen LogP contribution is -2.34. The van der Waals surface area contributed by atoms with Crippen LogP contribution >= 0.6 is 0 Å². The van der Waals surface area contributed by atoms with Gasteiger partial charge >= 0.3 is 0 Å². The normalized spacial score (nSPS) is 12.3. The van der Waals surface area contributed by atoms with Crippen LogP contribution in [0.3, 0.4) is 0 Å². The maximum Gasteiger partial charge on any atom is 0.264 e. The average molecular weight is 412 g/mol. The van der Waals surface area contributed by atoms with Gasteiger partial charge in [-0.3, -0.25) is 4.31 Å². The molecule has 0 aromatic heterocycles. The highest BCUT2D eigenvalue weighted by atomic mass is 32.2. The second-order valence-corrected chi connectivity index (χ2v) is 8.52. The summed E-state index contributed by atoms with van der Waals surface area (Å²) >= 11 is 0. The molecular weight excluding hydrogens is 386 g/mol. The van der Waals surface area contributed by atoms with E-state index in [4.69, 9.17) is 9.47 Å². The first-order chi connectivity index (χ1) is 13.9. The molecule has 0 spiro atoms. The van der Waals surface area contributed by atoms with Gasteiger partial charge in [0.05, 0.1) is 30.8 Å². The second-order valence-electron chi connectivity index (χ2n) is 6.71. The summed E-state index contributed by atoms with van der Waals surface area (Å²) < 4.78 is 39.2. The minimum atomic E-state index is -3.83. The number of aryl methyl sites for hydroxylation is 1. The van der Waals surface area contributed by atoms with E-state index in [1.165, 1.54) is 4.31 Å². The molecular formula is C23H25NO4S. The molecule has 0 aliphatic carbocycles. The van der Waals surface area contributed by atoms with Crippen LogP contribution in [-0.2, 0) is 10.0 Å². The minimum Gasteiger partial charge on any atom is -0.497 e. The summed E-state index contributed by atoms with van der Waals surface area (Å²) in [5, 5.41) is 0. The molecule has 29 heavy (non-hydrogen) atoms. The van der Waals surface area contributed by atoms with Gasteiger partial charge in [0, 0.05) is 0 Å². The summed E-state index contributed by atoms with van der Waals surface area (Å²) in [4.78, 5) is 0.203. The predicted octanol–water partition coefficient (Wildman–Crippen LogP) is 4.97. The Morgan fingerprint density at radius 2 is 1.31 bits per heavy atom. The lowest BCUT2D eigenvalue weighted by Gasteiger charge is -2.32. The fourth-order valence-electron chi connectivity index (χ4n) is 3.34. The zero-order chi connectivity index (χ0) is 21.0. The fraction of sp³-hybridized carbons (Fsp3) is 0.217. The Morgan fingerprint density at radius 1 is 0.793 bits per heavy atom. The van der Waals surface area contributed by atoms with Crippen LogP contribution < -0.4 is 13.8 Å². The van der Waals surface area contributed by atoms with Gasteiger partial charge in [-0.25, -0.2) is 8.42 Å².